The zero-order valence-corrected chi connectivity index (χ0v) is 9.43. The molecule has 0 aromatic heterocycles. The summed E-state index contributed by atoms with van der Waals surface area (Å²) in [6.07, 6.45) is 2.33. The van der Waals surface area contributed by atoms with Gasteiger partial charge in [0.25, 0.3) is 0 Å². The van der Waals surface area contributed by atoms with Crippen molar-refractivity contribution < 1.29 is 14.7 Å². The Kier molecular flexibility index (Phi) is 3.54. The lowest BCUT2D eigenvalue weighted by molar-refractivity contribution is -0.143. The van der Waals surface area contributed by atoms with E-state index in [1.54, 1.807) is 18.2 Å². The van der Waals surface area contributed by atoms with Crippen LogP contribution in [0.3, 0.4) is 0 Å². The van der Waals surface area contributed by atoms with Crippen molar-refractivity contribution in [2.75, 3.05) is 6.54 Å². The Morgan fingerprint density at radius 2 is 2.29 bits per heavy atom. The average Bonchev–Trinajstić information content (AvgIpc) is 2.39. The second-order valence-corrected chi connectivity index (χ2v) is 4.31. The van der Waals surface area contributed by atoms with E-state index in [0.29, 0.717) is 12.0 Å². The molecule has 0 amide bonds. The summed E-state index contributed by atoms with van der Waals surface area (Å²) in [7, 11) is 0. The van der Waals surface area contributed by atoms with Crippen molar-refractivity contribution in [3.63, 3.8) is 0 Å². The summed E-state index contributed by atoms with van der Waals surface area (Å²) in [6.45, 7) is 0.819. The van der Waals surface area contributed by atoms with Crippen molar-refractivity contribution in [1.82, 2.24) is 5.32 Å². The van der Waals surface area contributed by atoms with Crippen LogP contribution in [0.15, 0.2) is 24.3 Å². The molecule has 17 heavy (non-hydrogen) atoms. The van der Waals surface area contributed by atoms with E-state index in [1.807, 2.05) is 6.07 Å². The van der Waals surface area contributed by atoms with Gasteiger partial charge < -0.3 is 10.4 Å². The number of hydrogen-bond acceptors (Lipinski definition) is 3. The molecule has 0 aliphatic carbocycles. The third-order valence-electron chi connectivity index (χ3n) is 3.18. The molecule has 2 atom stereocenters. The third kappa shape index (κ3) is 2.53. The maximum atomic E-state index is 11.2. The molecule has 2 N–H and O–H groups in total. The average molecular weight is 233 g/mol. The van der Waals surface area contributed by atoms with Crippen LogP contribution in [0.5, 0.6) is 0 Å². The van der Waals surface area contributed by atoms with E-state index in [2.05, 4.69) is 5.32 Å². The molecule has 1 aliphatic heterocycles. The number of rotatable bonds is 3. The minimum Gasteiger partial charge on any atom is -0.481 e. The first-order valence-electron chi connectivity index (χ1n) is 5.73. The molecule has 1 aromatic rings. The molecule has 4 nitrogen and oxygen atoms in total. The molecule has 1 fully saturated rings. The molecule has 0 spiro atoms. The third-order valence-corrected chi connectivity index (χ3v) is 3.18. The van der Waals surface area contributed by atoms with Crippen LogP contribution in [0.2, 0.25) is 0 Å². The molecule has 2 rings (SSSR count). The number of hydrogen-bond donors (Lipinski definition) is 2. The fourth-order valence-corrected chi connectivity index (χ4v) is 2.33. The molecular weight excluding hydrogens is 218 g/mol. The molecular formula is C13H15NO3. The van der Waals surface area contributed by atoms with E-state index >= 15 is 0 Å². The summed E-state index contributed by atoms with van der Waals surface area (Å²) in [5.41, 5.74) is 1.46. The van der Waals surface area contributed by atoms with Crippen LogP contribution in [0.4, 0.5) is 0 Å². The van der Waals surface area contributed by atoms with Gasteiger partial charge in [0.15, 0.2) is 0 Å². The quantitative estimate of drug-likeness (QED) is 0.779. The van der Waals surface area contributed by atoms with Gasteiger partial charge in [-0.2, -0.15) is 0 Å². The topological polar surface area (TPSA) is 66.4 Å². The predicted octanol–water partition coefficient (Wildman–Crippen LogP) is 1.62. The van der Waals surface area contributed by atoms with E-state index in [9.17, 15) is 14.7 Å². The highest BCUT2D eigenvalue weighted by atomic mass is 16.4. The van der Waals surface area contributed by atoms with Crippen LogP contribution < -0.4 is 5.32 Å². The van der Waals surface area contributed by atoms with Crippen molar-refractivity contribution in [1.29, 1.82) is 0 Å². The van der Waals surface area contributed by atoms with Crippen LogP contribution in [0.1, 0.15) is 34.8 Å². The van der Waals surface area contributed by atoms with Crippen LogP contribution >= 0.6 is 0 Å². The van der Waals surface area contributed by atoms with Crippen molar-refractivity contribution in [3.8, 4) is 0 Å². The van der Waals surface area contributed by atoms with Gasteiger partial charge in [0.1, 0.15) is 6.29 Å². The minimum atomic E-state index is -0.779. The lowest BCUT2D eigenvalue weighted by Gasteiger charge is -2.30. The lowest BCUT2D eigenvalue weighted by Crippen LogP contribution is -2.38. The molecule has 0 saturated carbocycles. The van der Waals surface area contributed by atoms with Gasteiger partial charge in [-0.25, -0.2) is 0 Å². The number of carbonyl (C=O) groups excluding carboxylic acids is 1. The molecule has 4 heteroatoms. The molecule has 90 valence electrons. The fraction of sp³-hybridized carbons (Fsp3) is 0.385. The molecule has 1 heterocycles. The van der Waals surface area contributed by atoms with Crippen LogP contribution in [0, 0.1) is 5.92 Å². The van der Waals surface area contributed by atoms with E-state index in [0.717, 1.165) is 24.8 Å². The number of carboxylic acid groups (broad SMARTS) is 1. The predicted molar refractivity (Wildman–Crippen MR) is 62.9 cm³/mol. The van der Waals surface area contributed by atoms with E-state index in [4.69, 9.17) is 0 Å². The van der Waals surface area contributed by atoms with Gasteiger partial charge in [-0.3, -0.25) is 9.59 Å². The van der Waals surface area contributed by atoms with E-state index in [1.165, 1.54) is 0 Å². The summed E-state index contributed by atoms with van der Waals surface area (Å²) in [5, 5.41) is 12.4. The second-order valence-electron chi connectivity index (χ2n) is 4.31. The van der Waals surface area contributed by atoms with Crippen molar-refractivity contribution >= 4 is 12.3 Å². The van der Waals surface area contributed by atoms with Crippen molar-refractivity contribution in [2.24, 2.45) is 5.92 Å². The number of aliphatic carboxylic acids is 1. The van der Waals surface area contributed by atoms with Crippen molar-refractivity contribution in [3.05, 3.63) is 35.4 Å². The zero-order chi connectivity index (χ0) is 12.3. The zero-order valence-electron chi connectivity index (χ0n) is 9.43. The highest BCUT2D eigenvalue weighted by Crippen LogP contribution is 2.29. The first-order chi connectivity index (χ1) is 8.22. The number of carboxylic acids is 1. The first kappa shape index (κ1) is 11.8. The normalized spacial score (nSPS) is 24.2. The Hall–Kier alpha value is -1.68. The van der Waals surface area contributed by atoms with Crippen LogP contribution in [-0.2, 0) is 4.79 Å². The smallest absolute Gasteiger partial charge is 0.308 e. The maximum absolute atomic E-state index is 11.2. The largest absolute Gasteiger partial charge is 0.481 e. The van der Waals surface area contributed by atoms with Gasteiger partial charge in [-0.1, -0.05) is 18.2 Å². The number of nitrogens with one attached hydrogen (secondary N) is 1. The minimum absolute atomic E-state index is 0.193. The van der Waals surface area contributed by atoms with E-state index in [-0.39, 0.29) is 6.04 Å². The Morgan fingerprint density at radius 3 is 3.00 bits per heavy atom. The van der Waals surface area contributed by atoms with Gasteiger partial charge in [0, 0.05) is 11.6 Å². The van der Waals surface area contributed by atoms with Crippen LogP contribution in [-0.4, -0.2) is 23.9 Å². The highest BCUT2D eigenvalue weighted by molar-refractivity contribution is 5.75. The monoisotopic (exact) mass is 233 g/mol. The van der Waals surface area contributed by atoms with Gasteiger partial charge in [0.05, 0.1) is 5.92 Å². The van der Waals surface area contributed by atoms with Crippen LogP contribution in [0.25, 0.3) is 0 Å². The highest BCUT2D eigenvalue weighted by Gasteiger charge is 2.31. The summed E-state index contributed by atoms with van der Waals surface area (Å²) in [4.78, 5) is 21.9. The Labute approximate surface area is 99.6 Å². The lowest BCUT2D eigenvalue weighted by atomic mass is 9.86. The Morgan fingerprint density at radius 1 is 1.47 bits per heavy atom. The second kappa shape index (κ2) is 5.10. The number of benzene rings is 1. The molecule has 1 aromatic carbocycles. The molecule has 2 unspecified atom stereocenters. The maximum Gasteiger partial charge on any atom is 0.308 e. The SMILES string of the molecule is O=Cc1cccc(C2NCCCC2C(=O)O)c1. The van der Waals surface area contributed by atoms with Gasteiger partial charge in [-0.05, 0) is 31.0 Å². The summed E-state index contributed by atoms with van der Waals surface area (Å²) >= 11 is 0. The number of aldehydes is 1. The molecule has 1 saturated heterocycles. The molecule has 1 aliphatic rings. The summed E-state index contributed by atoms with van der Waals surface area (Å²) < 4.78 is 0. The first-order valence-corrected chi connectivity index (χ1v) is 5.73. The Balaban J connectivity index is 2.28. The molecule has 0 bridgehead atoms. The summed E-state index contributed by atoms with van der Waals surface area (Å²) in [5.74, 6) is -1.19. The Bertz CT molecular complexity index is 430. The van der Waals surface area contributed by atoms with Gasteiger partial charge in [0.2, 0.25) is 0 Å². The fourth-order valence-electron chi connectivity index (χ4n) is 2.33. The van der Waals surface area contributed by atoms with Gasteiger partial charge in [-0.15, -0.1) is 0 Å². The van der Waals surface area contributed by atoms with E-state index < -0.39 is 11.9 Å². The number of piperidine rings is 1. The summed E-state index contributed by atoms with van der Waals surface area (Å²) in [6, 6.07) is 6.93. The molecule has 0 radical (unpaired) electrons. The van der Waals surface area contributed by atoms with Gasteiger partial charge >= 0.3 is 5.97 Å². The van der Waals surface area contributed by atoms with Crippen molar-refractivity contribution in [2.45, 2.75) is 18.9 Å². The standard InChI is InChI=1S/C13H15NO3/c15-8-9-3-1-4-10(7-9)12-11(13(16)17)5-2-6-14-12/h1,3-4,7-8,11-12,14H,2,5-6H2,(H,16,17). The number of carbonyl (C=O) groups is 2.